The Balaban J connectivity index is 1.78. The Morgan fingerprint density at radius 1 is 1.05 bits per heavy atom. The van der Waals surface area contributed by atoms with Gasteiger partial charge in [-0.3, -0.25) is 0 Å². The van der Waals surface area contributed by atoms with Crippen molar-refractivity contribution in [3.05, 3.63) is 0 Å². The Labute approximate surface area is 134 Å². The van der Waals surface area contributed by atoms with Crippen LogP contribution in [0.3, 0.4) is 0 Å². The van der Waals surface area contributed by atoms with Gasteiger partial charge in [-0.25, -0.2) is 4.79 Å². The first kappa shape index (κ1) is 17.5. The fraction of sp³-hybridized carbons (Fsp3) is 0.941. The minimum Gasteiger partial charge on any atom is -0.444 e. The van der Waals surface area contributed by atoms with E-state index in [-0.39, 0.29) is 12.1 Å². The van der Waals surface area contributed by atoms with Gasteiger partial charge in [0.1, 0.15) is 5.60 Å². The molecular formula is C17H32N2O3. The van der Waals surface area contributed by atoms with E-state index in [1.807, 2.05) is 20.8 Å². The predicted octanol–water partition coefficient (Wildman–Crippen LogP) is 2.98. The molecule has 4 atom stereocenters. The van der Waals surface area contributed by atoms with Gasteiger partial charge in [-0.2, -0.15) is 0 Å². The number of ether oxygens (including phenoxy) is 2. The average Bonchev–Trinajstić information content (AvgIpc) is 2.84. The minimum absolute atomic E-state index is 0.212. The van der Waals surface area contributed by atoms with Crippen LogP contribution in [-0.2, 0) is 9.47 Å². The van der Waals surface area contributed by atoms with E-state index in [1.54, 1.807) is 7.11 Å². The summed E-state index contributed by atoms with van der Waals surface area (Å²) >= 11 is 0. The largest absolute Gasteiger partial charge is 0.444 e. The molecule has 4 unspecified atom stereocenters. The number of alkyl carbamates (subject to hydrolysis) is 1. The average molecular weight is 312 g/mol. The number of hydrogen-bond acceptors (Lipinski definition) is 4. The zero-order chi connectivity index (χ0) is 16.2. The highest BCUT2D eigenvalue weighted by Crippen LogP contribution is 2.25. The molecule has 2 aliphatic carbocycles. The quantitative estimate of drug-likeness (QED) is 0.838. The Hall–Kier alpha value is -0.810. The highest BCUT2D eigenvalue weighted by Gasteiger charge is 2.31. The summed E-state index contributed by atoms with van der Waals surface area (Å²) in [4.78, 5) is 11.9. The molecular weight excluding hydrogens is 280 g/mol. The lowest BCUT2D eigenvalue weighted by atomic mass is 9.90. The van der Waals surface area contributed by atoms with E-state index >= 15 is 0 Å². The molecule has 2 rings (SSSR count). The number of nitrogens with one attached hydrogen (secondary N) is 2. The highest BCUT2D eigenvalue weighted by atomic mass is 16.6. The Kier molecular flexibility index (Phi) is 6.09. The lowest BCUT2D eigenvalue weighted by Gasteiger charge is -2.34. The van der Waals surface area contributed by atoms with Crippen molar-refractivity contribution in [1.82, 2.24) is 10.6 Å². The molecule has 0 heterocycles. The lowest BCUT2D eigenvalue weighted by molar-refractivity contribution is 0.0480. The summed E-state index contributed by atoms with van der Waals surface area (Å²) < 4.78 is 10.9. The second-order valence-corrected chi connectivity index (χ2v) is 7.68. The van der Waals surface area contributed by atoms with Gasteiger partial charge in [0.25, 0.3) is 0 Å². The van der Waals surface area contributed by atoms with Crippen molar-refractivity contribution in [2.24, 2.45) is 0 Å². The molecule has 2 saturated carbocycles. The van der Waals surface area contributed by atoms with Gasteiger partial charge in [-0.05, 0) is 65.7 Å². The van der Waals surface area contributed by atoms with Crippen LogP contribution in [0.5, 0.6) is 0 Å². The number of amides is 1. The van der Waals surface area contributed by atoms with Crippen LogP contribution in [-0.4, -0.2) is 43.0 Å². The fourth-order valence-corrected chi connectivity index (χ4v) is 3.65. The number of carbonyl (C=O) groups is 1. The van der Waals surface area contributed by atoms with Crippen LogP contribution in [0.1, 0.15) is 65.7 Å². The molecule has 0 spiro atoms. The van der Waals surface area contributed by atoms with Crippen LogP contribution < -0.4 is 10.6 Å². The van der Waals surface area contributed by atoms with Crippen LogP contribution >= 0.6 is 0 Å². The summed E-state index contributed by atoms with van der Waals surface area (Å²) in [7, 11) is 1.80. The van der Waals surface area contributed by atoms with E-state index in [0.29, 0.717) is 18.2 Å². The second kappa shape index (κ2) is 7.64. The molecule has 0 aromatic rings. The summed E-state index contributed by atoms with van der Waals surface area (Å²) in [5, 5.41) is 6.78. The van der Waals surface area contributed by atoms with Gasteiger partial charge < -0.3 is 20.1 Å². The first-order chi connectivity index (χ1) is 10.4. The van der Waals surface area contributed by atoms with Crippen molar-refractivity contribution in [3.63, 3.8) is 0 Å². The van der Waals surface area contributed by atoms with E-state index in [2.05, 4.69) is 10.6 Å². The maximum atomic E-state index is 11.9. The molecule has 0 bridgehead atoms. The first-order valence-electron chi connectivity index (χ1n) is 8.66. The maximum absolute atomic E-state index is 11.9. The second-order valence-electron chi connectivity index (χ2n) is 7.68. The van der Waals surface area contributed by atoms with Gasteiger partial charge in [0, 0.05) is 25.2 Å². The molecule has 0 aliphatic heterocycles. The molecule has 0 saturated heterocycles. The normalized spacial score (nSPS) is 32.7. The zero-order valence-electron chi connectivity index (χ0n) is 14.5. The van der Waals surface area contributed by atoms with Gasteiger partial charge in [0.05, 0.1) is 6.10 Å². The van der Waals surface area contributed by atoms with E-state index < -0.39 is 5.60 Å². The molecule has 1 amide bonds. The molecule has 128 valence electrons. The maximum Gasteiger partial charge on any atom is 0.407 e. The third-order valence-corrected chi connectivity index (χ3v) is 4.60. The van der Waals surface area contributed by atoms with Crippen molar-refractivity contribution < 1.29 is 14.3 Å². The predicted molar refractivity (Wildman–Crippen MR) is 87.0 cm³/mol. The monoisotopic (exact) mass is 312 g/mol. The standard InChI is InChI=1S/C17H32N2O3/c1-17(2,3)22-16(20)19-13-8-5-7-12(11-13)18-14-9-6-10-15(14)21-4/h12-15,18H,5-11H2,1-4H3,(H,19,20). The van der Waals surface area contributed by atoms with E-state index in [9.17, 15) is 4.79 Å². The van der Waals surface area contributed by atoms with Gasteiger partial charge in [-0.15, -0.1) is 0 Å². The van der Waals surface area contributed by atoms with Crippen LogP contribution in [0.15, 0.2) is 0 Å². The SMILES string of the molecule is COC1CCCC1NC1CCCC(NC(=O)OC(C)(C)C)C1. The smallest absolute Gasteiger partial charge is 0.407 e. The van der Waals surface area contributed by atoms with E-state index in [4.69, 9.17) is 9.47 Å². The fourth-order valence-electron chi connectivity index (χ4n) is 3.65. The van der Waals surface area contributed by atoms with Crippen LogP contribution in [0.4, 0.5) is 4.79 Å². The third-order valence-electron chi connectivity index (χ3n) is 4.60. The summed E-state index contributed by atoms with van der Waals surface area (Å²) in [6.45, 7) is 5.67. The van der Waals surface area contributed by atoms with Crippen LogP contribution in [0.2, 0.25) is 0 Å². The zero-order valence-corrected chi connectivity index (χ0v) is 14.5. The lowest BCUT2D eigenvalue weighted by Crippen LogP contribution is -2.49. The number of hydrogen-bond donors (Lipinski definition) is 2. The molecule has 2 fully saturated rings. The molecule has 0 radical (unpaired) electrons. The summed E-state index contributed by atoms with van der Waals surface area (Å²) in [5.41, 5.74) is -0.439. The van der Waals surface area contributed by atoms with E-state index in [0.717, 1.165) is 25.7 Å². The molecule has 5 heteroatoms. The summed E-state index contributed by atoms with van der Waals surface area (Å²) in [6.07, 6.45) is 7.97. The van der Waals surface area contributed by atoms with Gasteiger partial charge in [0.15, 0.2) is 0 Å². The van der Waals surface area contributed by atoms with Crippen molar-refractivity contribution in [2.45, 2.75) is 95.5 Å². The van der Waals surface area contributed by atoms with Crippen molar-refractivity contribution in [1.29, 1.82) is 0 Å². The highest BCUT2D eigenvalue weighted by molar-refractivity contribution is 5.68. The van der Waals surface area contributed by atoms with E-state index in [1.165, 1.54) is 19.3 Å². The number of carbonyl (C=O) groups excluding carboxylic acids is 1. The van der Waals surface area contributed by atoms with Gasteiger partial charge in [-0.1, -0.05) is 0 Å². The number of methoxy groups -OCH3 is 1. The minimum atomic E-state index is -0.439. The molecule has 5 nitrogen and oxygen atoms in total. The Bertz CT molecular complexity index is 367. The van der Waals surface area contributed by atoms with Crippen molar-refractivity contribution in [2.75, 3.05) is 7.11 Å². The Morgan fingerprint density at radius 2 is 1.73 bits per heavy atom. The molecule has 0 aromatic carbocycles. The molecule has 2 aliphatic rings. The van der Waals surface area contributed by atoms with Gasteiger partial charge in [0.2, 0.25) is 0 Å². The summed E-state index contributed by atoms with van der Waals surface area (Å²) in [6, 6.07) is 1.15. The third kappa shape index (κ3) is 5.43. The molecule has 2 N–H and O–H groups in total. The first-order valence-corrected chi connectivity index (χ1v) is 8.66. The van der Waals surface area contributed by atoms with Crippen molar-refractivity contribution in [3.8, 4) is 0 Å². The van der Waals surface area contributed by atoms with Crippen LogP contribution in [0, 0.1) is 0 Å². The summed E-state index contributed by atoms with van der Waals surface area (Å²) in [5.74, 6) is 0. The van der Waals surface area contributed by atoms with Gasteiger partial charge >= 0.3 is 6.09 Å². The molecule has 0 aromatic heterocycles. The van der Waals surface area contributed by atoms with Crippen molar-refractivity contribution >= 4 is 6.09 Å². The molecule has 22 heavy (non-hydrogen) atoms. The van der Waals surface area contributed by atoms with Crippen LogP contribution in [0.25, 0.3) is 0 Å². The Morgan fingerprint density at radius 3 is 2.41 bits per heavy atom. The number of rotatable bonds is 4. The topological polar surface area (TPSA) is 59.6 Å².